The predicted molar refractivity (Wildman–Crippen MR) is 98.8 cm³/mol. The van der Waals surface area contributed by atoms with Crippen molar-refractivity contribution in [3.05, 3.63) is 60.2 Å². The number of nitrogens with one attached hydrogen (secondary N) is 2. The zero-order valence-corrected chi connectivity index (χ0v) is 14.5. The summed E-state index contributed by atoms with van der Waals surface area (Å²) in [7, 11) is 0. The summed E-state index contributed by atoms with van der Waals surface area (Å²) in [6.07, 6.45) is 11.2. The Bertz CT molecular complexity index is 802. The van der Waals surface area contributed by atoms with E-state index >= 15 is 0 Å². The van der Waals surface area contributed by atoms with Crippen molar-refractivity contribution in [2.24, 2.45) is 5.92 Å². The van der Waals surface area contributed by atoms with Crippen molar-refractivity contribution in [1.82, 2.24) is 20.6 Å². The second-order valence-electron chi connectivity index (χ2n) is 6.67. The second-order valence-corrected chi connectivity index (χ2v) is 6.67. The molecule has 6 heteroatoms. The molecule has 6 nitrogen and oxygen atoms in total. The highest BCUT2D eigenvalue weighted by Gasteiger charge is 2.26. The van der Waals surface area contributed by atoms with E-state index in [0.717, 1.165) is 24.3 Å². The Morgan fingerprint density at radius 3 is 2.88 bits per heavy atom. The molecule has 0 saturated carbocycles. The fraction of sp³-hybridized carbons (Fsp3) is 0.350. The van der Waals surface area contributed by atoms with E-state index in [2.05, 4.69) is 26.7 Å². The maximum absolute atomic E-state index is 12.0. The van der Waals surface area contributed by atoms with Gasteiger partial charge in [-0.1, -0.05) is 6.08 Å². The monoisotopic (exact) mass is 350 g/mol. The molecule has 1 amide bonds. The molecule has 4 rings (SSSR count). The van der Waals surface area contributed by atoms with Gasteiger partial charge in [-0.15, -0.1) is 0 Å². The summed E-state index contributed by atoms with van der Waals surface area (Å²) >= 11 is 0. The first-order valence-electron chi connectivity index (χ1n) is 9.01. The Morgan fingerprint density at radius 2 is 2.12 bits per heavy atom. The molecular weight excluding hydrogens is 328 g/mol. The van der Waals surface area contributed by atoms with Crippen LogP contribution in [0.1, 0.15) is 28.8 Å². The zero-order chi connectivity index (χ0) is 17.8. The summed E-state index contributed by atoms with van der Waals surface area (Å²) in [4.78, 5) is 20.2. The van der Waals surface area contributed by atoms with Crippen LogP contribution in [0, 0.1) is 5.92 Å². The molecule has 0 bridgehead atoms. The number of rotatable bonds is 8. The van der Waals surface area contributed by atoms with Crippen molar-refractivity contribution >= 4 is 11.5 Å². The van der Waals surface area contributed by atoms with Gasteiger partial charge in [-0.25, -0.2) is 0 Å². The number of aromatic nitrogens is 2. The molecule has 1 fully saturated rings. The molecule has 2 aliphatic rings. The Kier molecular flexibility index (Phi) is 4.93. The van der Waals surface area contributed by atoms with Crippen molar-refractivity contribution in [3.63, 3.8) is 0 Å². The molecule has 0 spiro atoms. The minimum atomic E-state index is -0.0590. The smallest absolute Gasteiger partial charge is 0.251 e. The zero-order valence-electron chi connectivity index (χ0n) is 14.5. The first kappa shape index (κ1) is 16.7. The fourth-order valence-corrected chi connectivity index (χ4v) is 3.01. The molecule has 2 atom stereocenters. The highest BCUT2D eigenvalue weighted by Crippen LogP contribution is 2.41. The van der Waals surface area contributed by atoms with Crippen molar-refractivity contribution in [2.45, 2.75) is 18.9 Å². The normalized spacial score (nSPS) is 20.7. The van der Waals surface area contributed by atoms with E-state index in [-0.39, 0.29) is 5.91 Å². The highest BCUT2D eigenvalue weighted by atomic mass is 16.5. The maximum atomic E-state index is 12.0. The molecule has 1 aliphatic carbocycles. The van der Waals surface area contributed by atoms with Gasteiger partial charge in [0.25, 0.3) is 5.91 Å². The molecule has 1 aliphatic heterocycles. The molecule has 3 heterocycles. The van der Waals surface area contributed by atoms with Crippen LogP contribution < -0.4 is 15.4 Å². The number of carbonyl (C=O) groups excluding carboxylic acids is 1. The van der Waals surface area contributed by atoms with Crippen LogP contribution in [0.5, 0.6) is 5.75 Å². The Morgan fingerprint density at radius 1 is 1.27 bits per heavy atom. The van der Waals surface area contributed by atoms with Gasteiger partial charge >= 0.3 is 0 Å². The van der Waals surface area contributed by atoms with E-state index in [4.69, 9.17) is 4.74 Å². The number of carbonyl (C=O) groups is 1. The topological polar surface area (TPSA) is 76.1 Å². The quantitative estimate of drug-likeness (QED) is 0.762. The highest BCUT2D eigenvalue weighted by molar-refractivity contribution is 5.94. The lowest BCUT2D eigenvalue weighted by Gasteiger charge is -2.27. The number of nitrogens with zero attached hydrogens (tertiary/aromatic N) is 2. The molecule has 2 N–H and O–H groups in total. The summed E-state index contributed by atoms with van der Waals surface area (Å²) in [5, 5.41) is 6.27. The van der Waals surface area contributed by atoms with E-state index < -0.39 is 0 Å². The molecule has 2 aromatic heterocycles. The Balaban J connectivity index is 1.22. The molecule has 0 radical (unpaired) electrons. The Labute approximate surface area is 152 Å². The first-order chi connectivity index (χ1) is 12.8. The van der Waals surface area contributed by atoms with Crippen LogP contribution >= 0.6 is 0 Å². The average Bonchev–Trinajstić information content (AvgIpc) is 3.41. The first-order valence-corrected chi connectivity index (χ1v) is 9.01. The van der Waals surface area contributed by atoms with Gasteiger partial charge in [0.15, 0.2) is 0 Å². The lowest BCUT2D eigenvalue weighted by atomic mass is 10.1. The van der Waals surface area contributed by atoms with Gasteiger partial charge in [-0.3, -0.25) is 14.8 Å². The number of hydrogen-bond acceptors (Lipinski definition) is 5. The van der Waals surface area contributed by atoms with E-state index in [0.29, 0.717) is 30.7 Å². The van der Waals surface area contributed by atoms with Gasteiger partial charge < -0.3 is 15.4 Å². The van der Waals surface area contributed by atoms with Gasteiger partial charge in [-0.2, -0.15) is 0 Å². The van der Waals surface area contributed by atoms with Gasteiger partial charge in [-0.05, 0) is 48.7 Å². The lowest BCUT2D eigenvalue weighted by Crippen LogP contribution is -2.46. The summed E-state index contributed by atoms with van der Waals surface area (Å²) < 4.78 is 5.81. The van der Waals surface area contributed by atoms with Crippen molar-refractivity contribution < 1.29 is 9.53 Å². The van der Waals surface area contributed by atoms with Crippen LogP contribution in [0.4, 0.5) is 0 Å². The summed E-state index contributed by atoms with van der Waals surface area (Å²) in [5.41, 5.74) is 3.02. The maximum Gasteiger partial charge on any atom is 0.251 e. The SMILES string of the molecule is O=C(NCCC1C=C1c1cncc(OCC2CCN2)c1)c1ccncc1. The second kappa shape index (κ2) is 7.66. The van der Waals surface area contributed by atoms with Gasteiger partial charge in [0.1, 0.15) is 12.4 Å². The standard InChI is InChI=1S/C20H22N4O2/c25-20(14-1-5-21-6-2-14)24-7-3-15-10-19(15)16-9-18(12-22-11-16)26-13-17-4-8-23-17/h1-2,5-6,9-12,15,17,23H,3-4,7-8,13H2,(H,24,25). The minimum Gasteiger partial charge on any atom is -0.490 e. The van der Waals surface area contributed by atoms with Crippen LogP contribution in [0.15, 0.2) is 49.1 Å². The molecule has 2 aromatic rings. The van der Waals surface area contributed by atoms with E-state index in [9.17, 15) is 4.79 Å². The number of amides is 1. The molecule has 0 aromatic carbocycles. The van der Waals surface area contributed by atoms with Crippen molar-refractivity contribution in [3.8, 4) is 5.75 Å². The van der Waals surface area contributed by atoms with Crippen LogP contribution in [-0.2, 0) is 0 Å². The van der Waals surface area contributed by atoms with Crippen LogP contribution in [0.2, 0.25) is 0 Å². The number of pyridine rings is 2. The molecular formula is C20H22N4O2. The third-order valence-electron chi connectivity index (χ3n) is 4.78. The number of ether oxygens (including phenoxy) is 1. The van der Waals surface area contributed by atoms with Crippen LogP contribution in [-0.4, -0.2) is 41.6 Å². The third-order valence-corrected chi connectivity index (χ3v) is 4.78. The molecule has 2 unspecified atom stereocenters. The van der Waals surface area contributed by atoms with Gasteiger partial charge in [0.2, 0.25) is 0 Å². The van der Waals surface area contributed by atoms with E-state index in [1.165, 1.54) is 12.0 Å². The van der Waals surface area contributed by atoms with Gasteiger partial charge in [0.05, 0.1) is 6.20 Å². The van der Waals surface area contributed by atoms with Crippen LogP contribution in [0.3, 0.4) is 0 Å². The number of allylic oxidation sites excluding steroid dienone is 2. The average molecular weight is 350 g/mol. The largest absolute Gasteiger partial charge is 0.490 e. The lowest BCUT2D eigenvalue weighted by molar-refractivity contribution is 0.0953. The summed E-state index contributed by atoms with van der Waals surface area (Å²) in [6.45, 7) is 2.41. The van der Waals surface area contributed by atoms with Crippen molar-refractivity contribution in [1.29, 1.82) is 0 Å². The predicted octanol–water partition coefficient (Wildman–Crippen LogP) is 2.05. The Hall–Kier alpha value is -2.73. The van der Waals surface area contributed by atoms with E-state index in [1.807, 2.05) is 12.3 Å². The minimum absolute atomic E-state index is 0.0590. The number of hydrogen-bond donors (Lipinski definition) is 2. The summed E-state index contributed by atoms with van der Waals surface area (Å²) in [5.74, 6) is 1.16. The summed E-state index contributed by atoms with van der Waals surface area (Å²) in [6, 6.07) is 5.95. The molecule has 134 valence electrons. The van der Waals surface area contributed by atoms with Crippen molar-refractivity contribution in [2.75, 3.05) is 19.7 Å². The fourth-order valence-electron chi connectivity index (χ4n) is 3.01. The molecule has 1 saturated heterocycles. The van der Waals surface area contributed by atoms with Crippen LogP contribution in [0.25, 0.3) is 5.57 Å². The van der Waals surface area contributed by atoms with E-state index in [1.54, 1.807) is 30.7 Å². The molecule has 26 heavy (non-hydrogen) atoms. The third kappa shape index (κ3) is 4.08. The van der Waals surface area contributed by atoms with Gasteiger partial charge in [0, 0.05) is 42.7 Å².